The Morgan fingerprint density at radius 3 is 2.71 bits per heavy atom. The fraction of sp³-hybridized carbons (Fsp3) is 0.318. The van der Waals surface area contributed by atoms with Crippen molar-refractivity contribution < 1.29 is 9.53 Å². The Bertz CT molecular complexity index is 1030. The van der Waals surface area contributed by atoms with Crippen molar-refractivity contribution in [1.29, 1.82) is 0 Å². The van der Waals surface area contributed by atoms with E-state index in [9.17, 15) is 4.79 Å². The van der Waals surface area contributed by atoms with E-state index in [-0.39, 0.29) is 11.7 Å². The van der Waals surface area contributed by atoms with E-state index >= 15 is 0 Å². The molecule has 0 saturated heterocycles. The van der Waals surface area contributed by atoms with Crippen LogP contribution < -0.4 is 10.1 Å². The number of hydrogen-bond donors (Lipinski definition) is 1. The molecule has 0 aliphatic rings. The highest BCUT2D eigenvalue weighted by atomic mass is 79.9. The fourth-order valence-corrected chi connectivity index (χ4v) is 4.29. The van der Waals surface area contributed by atoms with Crippen LogP contribution in [0.25, 0.3) is 0 Å². The first-order valence-corrected chi connectivity index (χ1v) is 12.1. The predicted molar refractivity (Wildman–Crippen MR) is 129 cm³/mol. The van der Waals surface area contributed by atoms with E-state index in [1.165, 1.54) is 11.8 Å². The van der Waals surface area contributed by atoms with Gasteiger partial charge in [0.2, 0.25) is 5.91 Å². The highest BCUT2D eigenvalue weighted by Gasteiger charge is 2.13. The van der Waals surface area contributed by atoms with Crippen molar-refractivity contribution in [3.05, 3.63) is 63.3 Å². The normalized spacial score (nSPS) is 10.8. The highest BCUT2D eigenvalue weighted by Crippen LogP contribution is 2.22. The van der Waals surface area contributed by atoms with Crippen molar-refractivity contribution in [2.75, 3.05) is 17.7 Å². The number of nitrogens with zero attached hydrogens (tertiary/aromatic N) is 3. The Morgan fingerprint density at radius 1 is 1.23 bits per heavy atom. The van der Waals surface area contributed by atoms with E-state index in [0.717, 1.165) is 51.8 Å². The smallest absolute Gasteiger partial charge is 0.234 e. The Hall–Kier alpha value is -2.03. The van der Waals surface area contributed by atoms with Crippen molar-refractivity contribution in [2.45, 2.75) is 38.4 Å². The van der Waals surface area contributed by atoms with Gasteiger partial charge in [-0.1, -0.05) is 39.3 Å². The van der Waals surface area contributed by atoms with Crippen molar-refractivity contribution >= 4 is 50.9 Å². The number of aromatic nitrogens is 3. The molecule has 6 nitrogen and oxygen atoms in total. The second kappa shape index (κ2) is 11.5. The minimum absolute atomic E-state index is 0.0775. The van der Waals surface area contributed by atoms with Gasteiger partial charge < -0.3 is 14.6 Å². The number of benzene rings is 2. The zero-order valence-corrected chi connectivity index (χ0v) is 20.6. The number of amides is 1. The molecule has 1 heterocycles. The first-order valence-electron chi connectivity index (χ1n) is 9.95. The van der Waals surface area contributed by atoms with Crippen LogP contribution in [0.5, 0.6) is 5.75 Å². The van der Waals surface area contributed by atoms with Gasteiger partial charge in [-0.25, -0.2) is 0 Å². The van der Waals surface area contributed by atoms with Gasteiger partial charge in [0.25, 0.3) is 0 Å². The zero-order chi connectivity index (χ0) is 22.2. The lowest BCUT2D eigenvalue weighted by Crippen LogP contribution is -2.14. The number of hydrogen-bond acceptors (Lipinski definition) is 5. The maximum Gasteiger partial charge on any atom is 0.234 e. The second-order valence-corrected chi connectivity index (χ2v) is 9.14. The number of aryl methyl sites for hydroxylation is 2. The van der Waals surface area contributed by atoms with Gasteiger partial charge in [0.15, 0.2) is 5.16 Å². The minimum Gasteiger partial charge on any atom is -0.493 e. The van der Waals surface area contributed by atoms with E-state index in [1.54, 1.807) is 0 Å². The number of ether oxygens (including phenoxy) is 1. The van der Waals surface area contributed by atoms with Crippen LogP contribution >= 0.6 is 39.3 Å². The number of carbonyl (C=O) groups is 1. The molecule has 164 valence electrons. The van der Waals surface area contributed by atoms with Gasteiger partial charge in [-0.15, -0.1) is 10.2 Å². The van der Waals surface area contributed by atoms with Crippen LogP contribution in [0.15, 0.2) is 52.1 Å². The third-order valence-corrected chi connectivity index (χ3v) is 6.24. The van der Waals surface area contributed by atoms with Crippen molar-refractivity contribution in [2.24, 2.45) is 0 Å². The van der Waals surface area contributed by atoms with Crippen LogP contribution in [0.3, 0.4) is 0 Å². The van der Waals surface area contributed by atoms with Gasteiger partial charge in [0, 0.05) is 28.1 Å². The number of carbonyl (C=O) groups excluding carboxylic acids is 1. The van der Waals surface area contributed by atoms with E-state index < -0.39 is 0 Å². The van der Waals surface area contributed by atoms with E-state index in [2.05, 4.69) is 31.4 Å². The summed E-state index contributed by atoms with van der Waals surface area (Å²) in [6, 6.07) is 13.1. The number of halogens is 2. The second-order valence-electron chi connectivity index (χ2n) is 6.85. The van der Waals surface area contributed by atoms with Crippen molar-refractivity contribution in [3.63, 3.8) is 0 Å². The van der Waals surface area contributed by atoms with Crippen molar-refractivity contribution in [3.8, 4) is 5.75 Å². The number of thioether (sulfide) groups is 1. The van der Waals surface area contributed by atoms with Gasteiger partial charge in [-0.3, -0.25) is 4.79 Å². The lowest BCUT2D eigenvalue weighted by molar-refractivity contribution is -0.113. The van der Waals surface area contributed by atoms with Crippen molar-refractivity contribution in [1.82, 2.24) is 14.8 Å². The fourth-order valence-electron chi connectivity index (χ4n) is 2.98. The third-order valence-electron chi connectivity index (χ3n) is 4.51. The molecular formula is C22H24BrClN4O2S. The molecular weight excluding hydrogens is 500 g/mol. The molecule has 0 saturated carbocycles. The van der Waals surface area contributed by atoms with Crippen LogP contribution in [0, 0.1) is 6.92 Å². The molecule has 0 unspecified atom stereocenters. The molecule has 0 bridgehead atoms. The zero-order valence-electron chi connectivity index (χ0n) is 17.4. The van der Waals surface area contributed by atoms with Gasteiger partial charge in [0.05, 0.1) is 12.4 Å². The number of anilines is 1. The summed E-state index contributed by atoms with van der Waals surface area (Å²) in [6.07, 6.45) is 1.56. The average Bonchev–Trinajstić information content (AvgIpc) is 3.14. The molecule has 1 N–H and O–H groups in total. The van der Waals surface area contributed by atoms with E-state index in [1.807, 2.05) is 60.9 Å². The summed E-state index contributed by atoms with van der Waals surface area (Å²) in [6.45, 7) is 5.35. The largest absolute Gasteiger partial charge is 0.493 e. The SMILES string of the molecule is CCn1c(CCCOc2ccc(Cl)cc2C)nnc1SCC(=O)Nc1ccc(Br)cc1. The molecule has 31 heavy (non-hydrogen) atoms. The standard InChI is InChI=1S/C22H24BrClN4O2S/c1-3-28-20(5-4-12-30-19-11-8-17(24)13-15(19)2)26-27-22(28)31-14-21(29)25-18-9-6-16(23)7-10-18/h6-11,13H,3-5,12,14H2,1-2H3,(H,25,29). The molecule has 0 aliphatic carbocycles. The minimum atomic E-state index is -0.0775. The molecule has 3 aromatic rings. The van der Waals surface area contributed by atoms with Gasteiger partial charge in [0.1, 0.15) is 11.6 Å². The molecule has 0 fully saturated rings. The Kier molecular flexibility index (Phi) is 8.80. The summed E-state index contributed by atoms with van der Waals surface area (Å²) >= 11 is 10.8. The molecule has 1 aromatic heterocycles. The Morgan fingerprint density at radius 2 is 2.00 bits per heavy atom. The van der Waals surface area contributed by atoms with Crippen LogP contribution in [-0.2, 0) is 17.8 Å². The van der Waals surface area contributed by atoms with Crippen LogP contribution in [0.2, 0.25) is 5.02 Å². The number of nitrogens with one attached hydrogen (secondary N) is 1. The monoisotopic (exact) mass is 522 g/mol. The summed E-state index contributed by atoms with van der Waals surface area (Å²) < 4.78 is 8.88. The predicted octanol–water partition coefficient (Wildman–Crippen LogP) is 5.76. The Labute approximate surface area is 199 Å². The first-order chi connectivity index (χ1) is 15.0. The van der Waals surface area contributed by atoms with E-state index in [4.69, 9.17) is 16.3 Å². The van der Waals surface area contributed by atoms with Crippen LogP contribution in [0.1, 0.15) is 24.7 Å². The lowest BCUT2D eigenvalue weighted by atomic mass is 10.2. The molecule has 3 rings (SSSR count). The maximum atomic E-state index is 12.2. The summed E-state index contributed by atoms with van der Waals surface area (Å²) in [7, 11) is 0. The summed E-state index contributed by atoms with van der Waals surface area (Å²) in [5.74, 6) is 1.93. The molecule has 9 heteroatoms. The Balaban J connectivity index is 1.48. The molecule has 0 spiro atoms. The highest BCUT2D eigenvalue weighted by molar-refractivity contribution is 9.10. The molecule has 0 atom stereocenters. The summed E-state index contributed by atoms with van der Waals surface area (Å²) in [4.78, 5) is 12.2. The number of rotatable bonds is 10. The summed E-state index contributed by atoms with van der Waals surface area (Å²) in [5, 5.41) is 12.9. The van der Waals surface area contributed by atoms with Crippen LogP contribution in [0.4, 0.5) is 5.69 Å². The van der Waals surface area contributed by atoms with Gasteiger partial charge in [-0.2, -0.15) is 0 Å². The first kappa shape index (κ1) is 23.6. The third kappa shape index (κ3) is 6.98. The van der Waals surface area contributed by atoms with Gasteiger partial charge >= 0.3 is 0 Å². The quantitative estimate of drug-likeness (QED) is 0.270. The molecule has 1 amide bonds. The molecule has 2 aromatic carbocycles. The van der Waals surface area contributed by atoms with E-state index in [0.29, 0.717) is 11.6 Å². The maximum absolute atomic E-state index is 12.2. The molecule has 0 radical (unpaired) electrons. The van der Waals surface area contributed by atoms with Crippen LogP contribution in [-0.4, -0.2) is 33.0 Å². The average molecular weight is 524 g/mol. The molecule has 0 aliphatic heterocycles. The summed E-state index contributed by atoms with van der Waals surface area (Å²) in [5.41, 5.74) is 1.78. The van der Waals surface area contributed by atoms with Gasteiger partial charge in [-0.05, 0) is 68.3 Å². The topological polar surface area (TPSA) is 69.0 Å². The lowest BCUT2D eigenvalue weighted by Gasteiger charge is -2.10.